The molecule has 1 saturated carbocycles. The maximum Gasteiger partial charge on any atom is 0.325 e. The summed E-state index contributed by atoms with van der Waals surface area (Å²) in [4.78, 5) is 42.6. The van der Waals surface area contributed by atoms with Gasteiger partial charge >= 0.3 is 6.03 Å². The third kappa shape index (κ3) is 2.83. The lowest BCUT2D eigenvalue weighted by Crippen LogP contribution is -2.49. The highest BCUT2D eigenvalue weighted by molar-refractivity contribution is 6.14. The first-order chi connectivity index (χ1) is 12.9. The first kappa shape index (κ1) is 17.8. The number of urea groups is 1. The number of fused-ring (bicyclic) bond motifs is 1. The maximum absolute atomic E-state index is 13.0. The van der Waals surface area contributed by atoms with E-state index in [0.717, 1.165) is 40.6 Å². The van der Waals surface area contributed by atoms with Gasteiger partial charge in [-0.1, -0.05) is 32.0 Å². The van der Waals surface area contributed by atoms with Crippen LogP contribution in [0.2, 0.25) is 0 Å². The number of hydrogen-bond acceptors (Lipinski definition) is 3. The van der Waals surface area contributed by atoms with Gasteiger partial charge in [0.15, 0.2) is 5.78 Å². The first-order valence-electron chi connectivity index (χ1n) is 9.71. The predicted molar refractivity (Wildman–Crippen MR) is 103 cm³/mol. The Bertz CT molecular complexity index is 922. The zero-order valence-corrected chi connectivity index (χ0v) is 15.8. The highest BCUT2D eigenvalue weighted by Gasteiger charge is 2.52. The second-order valence-electron chi connectivity index (χ2n) is 7.90. The van der Waals surface area contributed by atoms with Gasteiger partial charge in [-0.3, -0.25) is 14.5 Å². The quantitative estimate of drug-likeness (QED) is 0.642. The summed E-state index contributed by atoms with van der Waals surface area (Å²) in [5, 5.41) is 3.71. The van der Waals surface area contributed by atoms with Gasteiger partial charge in [0.1, 0.15) is 5.54 Å². The van der Waals surface area contributed by atoms with Gasteiger partial charge in [0.25, 0.3) is 5.91 Å². The van der Waals surface area contributed by atoms with Crippen molar-refractivity contribution in [3.8, 4) is 0 Å². The molecule has 0 atom stereocenters. The van der Waals surface area contributed by atoms with E-state index in [1.54, 1.807) is 6.20 Å². The summed E-state index contributed by atoms with van der Waals surface area (Å²) in [6, 6.07) is 5.40. The summed E-state index contributed by atoms with van der Waals surface area (Å²) < 4.78 is 0. The van der Waals surface area contributed by atoms with Crippen molar-refractivity contribution >= 4 is 28.6 Å². The largest absolute Gasteiger partial charge is 0.360 e. The Labute approximate surface area is 158 Å². The molecule has 2 heterocycles. The number of para-hydroxylation sites is 1. The number of ketones is 1. The molecule has 0 unspecified atom stereocenters. The number of H-pyrrole nitrogens is 1. The molecule has 2 aliphatic rings. The van der Waals surface area contributed by atoms with Gasteiger partial charge in [-0.2, -0.15) is 0 Å². The molecule has 6 heteroatoms. The van der Waals surface area contributed by atoms with Crippen LogP contribution in [0, 0.1) is 5.92 Å². The minimum absolute atomic E-state index is 0.217. The summed E-state index contributed by atoms with van der Waals surface area (Å²) >= 11 is 0. The number of rotatable bonds is 4. The molecule has 2 fully saturated rings. The fourth-order valence-corrected chi connectivity index (χ4v) is 4.38. The van der Waals surface area contributed by atoms with Gasteiger partial charge in [-0.15, -0.1) is 0 Å². The molecule has 2 N–H and O–H groups in total. The number of nitrogens with zero attached hydrogens (tertiary/aromatic N) is 1. The summed E-state index contributed by atoms with van der Waals surface area (Å²) in [5.74, 6) is 0.0936. The molecule has 27 heavy (non-hydrogen) atoms. The molecule has 6 nitrogen and oxygen atoms in total. The highest BCUT2D eigenvalue weighted by Crippen LogP contribution is 2.36. The number of carbonyl (C=O) groups excluding carboxylic acids is 3. The van der Waals surface area contributed by atoms with Crippen LogP contribution in [0.25, 0.3) is 10.9 Å². The molecule has 0 bridgehead atoms. The minimum Gasteiger partial charge on any atom is -0.360 e. The Morgan fingerprint density at radius 2 is 2.00 bits per heavy atom. The summed E-state index contributed by atoms with van der Waals surface area (Å²) in [5.41, 5.74) is 1.80. The van der Waals surface area contributed by atoms with Gasteiger partial charge < -0.3 is 10.3 Å². The summed E-state index contributed by atoms with van der Waals surface area (Å²) in [6.07, 6.45) is 5.67. The Hall–Kier alpha value is -2.63. The number of benzene rings is 1. The van der Waals surface area contributed by atoms with E-state index in [-0.39, 0.29) is 18.2 Å². The molecule has 0 radical (unpaired) electrons. The van der Waals surface area contributed by atoms with Crippen LogP contribution in [0.4, 0.5) is 4.79 Å². The number of aromatic nitrogens is 1. The van der Waals surface area contributed by atoms with Crippen molar-refractivity contribution in [3.63, 3.8) is 0 Å². The van der Waals surface area contributed by atoms with Gasteiger partial charge in [0.05, 0.1) is 6.54 Å². The average molecular weight is 367 g/mol. The molecular formula is C21H25N3O3. The number of amides is 3. The van der Waals surface area contributed by atoms with Crippen LogP contribution >= 0.6 is 0 Å². The molecule has 1 aromatic carbocycles. The van der Waals surface area contributed by atoms with Crippen LogP contribution in [0.3, 0.4) is 0 Å². The van der Waals surface area contributed by atoms with Crippen molar-refractivity contribution in [2.45, 2.75) is 51.5 Å². The molecule has 142 valence electrons. The number of imide groups is 1. The van der Waals surface area contributed by atoms with Crippen LogP contribution in [-0.2, 0) is 11.2 Å². The fraction of sp³-hybridized carbons (Fsp3) is 0.476. The maximum atomic E-state index is 13.0. The summed E-state index contributed by atoms with van der Waals surface area (Å²) in [7, 11) is 0. The molecule has 1 spiro atoms. The van der Waals surface area contributed by atoms with Crippen molar-refractivity contribution in [2.24, 2.45) is 5.92 Å². The third-order valence-corrected chi connectivity index (χ3v) is 6.16. The molecule has 3 amide bonds. The van der Waals surface area contributed by atoms with E-state index in [1.807, 2.05) is 18.2 Å². The van der Waals surface area contributed by atoms with Gasteiger partial charge in [-0.05, 0) is 43.6 Å². The number of Topliss-reactive ketones (excluding diaryl/α,β-unsaturated/α-hetero) is 1. The standard InChI is InChI=1S/C21H25N3O3/c1-3-14-5-4-6-15-16(11-22-18(14)15)17(25)12-24-19(26)21(23-20(24)27)9-7-13(2)8-10-21/h4-6,11,13,22H,3,7-10,12H2,1-2H3,(H,23,27). The fourth-order valence-electron chi connectivity index (χ4n) is 4.38. The first-order valence-corrected chi connectivity index (χ1v) is 9.71. The zero-order valence-electron chi connectivity index (χ0n) is 15.8. The zero-order chi connectivity index (χ0) is 19.2. The van der Waals surface area contributed by atoms with Crippen LogP contribution in [0.15, 0.2) is 24.4 Å². The average Bonchev–Trinajstić information content (AvgIpc) is 3.19. The van der Waals surface area contributed by atoms with Crippen LogP contribution in [-0.4, -0.2) is 39.7 Å². The third-order valence-electron chi connectivity index (χ3n) is 6.16. The summed E-state index contributed by atoms with van der Waals surface area (Å²) in [6.45, 7) is 4.01. The second-order valence-corrected chi connectivity index (χ2v) is 7.90. The number of hydrogen-bond donors (Lipinski definition) is 2. The molecule has 1 aromatic heterocycles. The van der Waals surface area contributed by atoms with Crippen molar-refractivity contribution < 1.29 is 14.4 Å². The van der Waals surface area contributed by atoms with Gasteiger partial charge in [-0.25, -0.2) is 4.79 Å². The van der Waals surface area contributed by atoms with Gasteiger partial charge in [0, 0.05) is 22.7 Å². The van der Waals surface area contributed by atoms with Crippen molar-refractivity contribution in [2.75, 3.05) is 6.54 Å². The Balaban J connectivity index is 1.57. The van der Waals surface area contributed by atoms with Crippen LogP contribution < -0.4 is 5.32 Å². The highest BCUT2D eigenvalue weighted by atomic mass is 16.2. The minimum atomic E-state index is -0.806. The Kier molecular flexibility index (Phi) is 4.29. The number of carbonyl (C=O) groups is 3. The molecule has 1 aliphatic heterocycles. The molecule has 1 aliphatic carbocycles. The van der Waals surface area contributed by atoms with Crippen LogP contribution in [0.5, 0.6) is 0 Å². The lowest BCUT2D eigenvalue weighted by Gasteiger charge is -2.33. The SMILES string of the molecule is CCc1cccc2c(C(=O)CN3C(=O)NC4(CCC(C)CC4)C3=O)c[nH]c12. The number of nitrogens with one attached hydrogen (secondary N) is 2. The van der Waals surface area contributed by atoms with Crippen LogP contribution in [0.1, 0.15) is 55.5 Å². The molecule has 1 saturated heterocycles. The van der Waals surface area contributed by atoms with E-state index >= 15 is 0 Å². The Morgan fingerprint density at radius 1 is 1.26 bits per heavy atom. The van der Waals surface area contributed by atoms with E-state index in [1.165, 1.54) is 0 Å². The van der Waals surface area contributed by atoms with Crippen molar-refractivity contribution in [1.82, 2.24) is 15.2 Å². The van der Waals surface area contributed by atoms with Gasteiger partial charge in [0.2, 0.25) is 0 Å². The van der Waals surface area contributed by atoms with E-state index in [0.29, 0.717) is 24.3 Å². The van der Waals surface area contributed by atoms with E-state index < -0.39 is 11.6 Å². The van der Waals surface area contributed by atoms with E-state index in [4.69, 9.17) is 0 Å². The molecule has 2 aromatic rings. The lowest BCUT2D eigenvalue weighted by atomic mass is 9.77. The van der Waals surface area contributed by atoms with E-state index in [9.17, 15) is 14.4 Å². The molecular weight excluding hydrogens is 342 g/mol. The molecule has 4 rings (SSSR count). The number of aryl methyl sites for hydroxylation is 1. The monoisotopic (exact) mass is 367 g/mol. The predicted octanol–water partition coefficient (Wildman–Crippen LogP) is 3.41. The van der Waals surface area contributed by atoms with Crippen molar-refractivity contribution in [1.29, 1.82) is 0 Å². The Morgan fingerprint density at radius 3 is 2.70 bits per heavy atom. The second kappa shape index (κ2) is 6.51. The normalized spacial score (nSPS) is 25.4. The lowest BCUT2D eigenvalue weighted by molar-refractivity contribution is -0.132. The topological polar surface area (TPSA) is 82.3 Å². The van der Waals surface area contributed by atoms with E-state index in [2.05, 4.69) is 24.1 Å². The van der Waals surface area contributed by atoms with Crippen molar-refractivity contribution in [3.05, 3.63) is 35.5 Å². The smallest absolute Gasteiger partial charge is 0.325 e. The number of aromatic amines is 1.